The quantitative estimate of drug-likeness (QED) is 0.660. The third-order valence-electron chi connectivity index (χ3n) is 2.52. The van der Waals surface area contributed by atoms with Gasteiger partial charge in [0.05, 0.1) is 7.11 Å². The Kier molecular flexibility index (Phi) is 4.61. The molecule has 0 aliphatic heterocycles. The maximum absolute atomic E-state index is 5.33. The van der Waals surface area contributed by atoms with E-state index in [0.29, 0.717) is 0 Å². The van der Waals surface area contributed by atoms with Crippen molar-refractivity contribution in [2.24, 2.45) is 0 Å². The molecule has 0 aromatic heterocycles. The van der Waals surface area contributed by atoms with Crippen LogP contribution in [0.5, 0.6) is 5.75 Å². The van der Waals surface area contributed by atoms with Crippen LogP contribution in [0.4, 0.5) is 0 Å². The highest BCUT2D eigenvalue weighted by molar-refractivity contribution is 9.10. The van der Waals surface area contributed by atoms with Gasteiger partial charge in [0, 0.05) is 14.5 Å². The molecule has 0 saturated heterocycles. The Morgan fingerprint density at radius 3 is 2.22 bits per heavy atom. The Bertz CT molecular complexity index is 559. The number of methoxy groups -OCH3 is 1. The summed E-state index contributed by atoms with van der Waals surface area (Å²) in [5.74, 6) is 0.867. The topological polar surface area (TPSA) is 9.23 Å². The first-order chi connectivity index (χ1) is 8.69. The molecule has 0 bridgehead atoms. The normalized spacial score (nSPS) is 10.8. The molecule has 0 spiro atoms. The zero-order chi connectivity index (χ0) is 13.0. The Morgan fingerprint density at radius 2 is 1.56 bits per heavy atom. The zero-order valence-corrected chi connectivity index (χ0v) is 13.0. The van der Waals surface area contributed by atoms with Gasteiger partial charge in [-0.3, -0.25) is 0 Å². The minimum absolute atomic E-state index is 0.867. The first-order valence-electron chi connectivity index (χ1n) is 5.46. The van der Waals surface area contributed by atoms with Crippen molar-refractivity contribution in [3.63, 3.8) is 0 Å². The highest BCUT2D eigenvalue weighted by atomic mass is 79.9. The highest BCUT2D eigenvalue weighted by Crippen LogP contribution is 2.25. The summed E-state index contributed by atoms with van der Waals surface area (Å²) < 4.78 is 7.45. The van der Waals surface area contributed by atoms with Crippen LogP contribution < -0.4 is 4.74 Å². The molecule has 3 heteroatoms. The van der Waals surface area contributed by atoms with E-state index in [9.17, 15) is 0 Å². The average molecular weight is 368 g/mol. The van der Waals surface area contributed by atoms with Crippen LogP contribution in [0.15, 0.2) is 51.4 Å². The van der Waals surface area contributed by atoms with E-state index in [1.807, 2.05) is 36.4 Å². The summed E-state index contributed by atoms with van der Waals surface area (Å²) in [6.07, 6.45) is 4.11. The van der Waals surface area contributed by atoms with Crippen LogP contribution in [0, 0.1) is 0 Å². The molecule has 0 saturated carbocycles. The first-order valence-corrected chi connectivity index (χ1v) is 7.05. The van der Waals surface area contributed by atoms with Crippen molar-refractivity contribution in [1.29, 1.82) is 0 Å². The van der Waals surface area contributed by atoms with Crippen LogP contribution >= 0.6 is 31.9 Å². The SMILES string of the molecule is COc1ccc(Br)cc1/C=C/c1ccc(Br)cc1. The third kappa shape index (κ3) is 3.47. The average Bonchev–Trinajstić information content (AvgIpc) is 2.38. The van der Waals surface area contributed by atoms with E-state index >= 15 is 0 Å². The molecule has 92 valence electrons. The molecule has 2 aromatic rings. The second-order valence-corrected chi connectivity index (χ2v) is 5.60. The van der Waals surface area contributed by atoms with Crippen molar-refractivity contribution in [3.05, 3.63) is 62.5 Å². The molecule has 2 rings (SSSR count). The van der Waals surface area contributed by atoms with Crippen molar-refractivity contribution in [1.82, 2.24) is 0 Å². The summed E-state index contributed by atoms with van der Waals surface area (Å²) >= 11 is 6.89. The van der Waals surface area contributed by atoms with Gasteiger partial charge in [-0.05, 0) is 35.9 Å². The zero-order valence-electron chi connectivity index (χ0n) is 9.86. The molecule has 0 fully saturated rings. The largest absolute Gasteiger partial charge is 0.496 e. The number of ether oxygens (including phenoxy) is 1. The summed E-state index contributed by atoms with van der Waals surface area (Å²) in [6.45, 7) is 0. The number of halogens is 2. The van der Waals surface area contributed by atoms with E-state index in [4.69, 9.17) is 4.74 Å². The second-order valence-electron chi connectivity index (χ2n) is 3.77. The lowest BCUT2D eigenvalue weighted by Gasteiger charge is -2.04. The highest BCUT2D eigenvalue weighted by Gasteiger charge is 1.99. The monoisotopic (exact) mass is 366 g/mol. The molecule has 0 atom stereocenters. The van der Waals surface area contributed by atoms with Gasteiger partial charge in [0.15, 0.2) is 0 Å². The maximum Gasteiger partial charge on any atom is 0.126 e. The molecule has 0 radical (unpaired) electrons. The first kappa shape index (κ1) is 13.4. The van der Waals surface area contributed by atoms with E-state index < -0.39 is 0 Å². The van der Waals surface area contributed by atoms with Crippen molar-refractivity contribution < 1.29 is 4.74 Å². The summed E-state index contributed by atoms with van der Waals surface area (Å²) in [5, 5.41) is 0. The molecule has 0 N–H and O–H groups in total. The summed E-state index contributed by atoms with van der Waals surface area (Å²) in [4.78, 5) is 0. The molecular weight excluding hydrogens is 356 g/mol. The fraction of sp³-hybridized carbons (Fsp3) is 0.0667. The van der Waals surface area contributed by atoms with Gasteiger partial charge in [-0.1, -0.05) is 56.1 Å². The van der Waals surface area contributed by atoms with E-state index in [1.165, 1.54) is 0 Å². The Balaban J connectivity index is 2.27. The summed E-state index contributed by atoms with van der Waals surface area (Å²) in [7, 11) is 1.68. The Labute approximate surface area is 124 Å². The molecule has 0 aliphatic rings. The number of hydrogen-bond acceptors (Lipinski definition) is 1. The summed E-state index contributed by atoms with van der Waals surface area (Å²) in [5.41, 5.74) is 2.20. The van der Waals surface area contributed by atoms with Gasteiger partial charge >= 0.3 is 0 Å². The van der Waals surface area contributed by atoms with E-state index in [-0.39, 0.29) is 0 Å². The predicted molar refractivity (Wildman–Crippen MR) is 83.8 cm³/mol. The van der Waals surface area contributed by atoms with E-state index in [0.717, 1.165) is 25.8 Å². The molecule has 0 aliphatic carbocycles. The lowest BCUT2D eigenvalue weighted by molar-refractivity contribution is 0.414. The van der Waals surface area contributed by atoms with E-state index in [1.54, 1.807) is 7.11 Å². The maximum atomic E-state index is 5.33. The molecule has 0 unspecified atom stereocenters. The predicted octanol–water partition coefficient (Wildman–Crippen LogP) is 5.39. The van der Waals surface area contributed by atoms with Crippen molar-refractivity contribution in [3.8, 4) is 5.75 Å². The van der Waals surface area contributed by atoms with Crippen molar-refractivity contribution in [2.45, 2.75) is 0 Å². The smallest absolute Gasteiger partial charge is 0.126 e. The van der Waals surface area contributed by atoms with Gasteiger partial charge in [0.2, 0.25) is 0 Å². The summed E-state index contributed by atoms with van der Waals surface area (Å²) in [6, 6.07) is 14.1. The van der Waals surface area contributed by atoms with Crippen molar-refractivity contribution >= 4 is 44.0 Å². The lowest BCUT2D eigenvalue weighted by Crippen LogP contribution is -1.86. The van der Waals surface area contributed by atoms with Crippen LogP contribution in [-0.4, -0.2) is 7.11 Å². The minimum Gasteiger partial charge on any atom is -0.496 e. The fourth-order valence-electron chi connectivity index (χ4n) is 1.60. The Hall–Kier alpha value is -1.06. The molecular formula is C15H12Br2O. The molecule has 2 aromatic carbocycles. The standard InChI is InChI=1S/C15H12Br2O/c1-18-15-9-8-14(17)10-12(15)5-2-11-3-6-13(16)7-4-11/h2-10H,1H3/b5-2+. The van der Waals surface area contributed by atoms with Gasteiger partial charge in [0.1, 0.15) is 5.75 Å². The Morgan fingerprint density at radius 1 is 0.889 bits per heavy atom. The number of rotatable bonds is 3. The van der Waals surface area contributed by atoms with Gasteiger partial charge < -0.3 is 4.74 Å². The molecule has 18 heavy (non-hydrogen) atoms. The third-order valence-corrected chi connectivity index (χ3v) is 3.54. The van der Waals surface area contributed by atoms with Crippen LogP contribution in [-0.2, 0) is 0 Å². The van der Waals surface area contributed by atoms with Gasteiger partial charge in [-0.2, -0.15) is 0 Å². The van der Waals surface area contributed by atoms with Crippen LogP contribution in [0.1, 0.15) is 11.1 Å². The lowest BCUT2D eigenvalue weighted by atomic mass is 10.1. The fourth-order valence-corrected chi connectivity index (χ4v) is 2.24. The van der Waals surface area contributed by atoms with E-state index in [2.05, 4.69) is 50.1 Å². The minimum atomic E-state index is 0.867. The number of benzene rings is 2. The van der Waals surface area contributed by atoms with Crippen LogP contribution in [0.3, 0.4) is 0 Å². The van der Waals surface area contributed by atoms with Gasteiger partial charge in [0.25, 0.3) is 0 Å². The van der Waals surface area contributed by atoms with Gasteiger partial charge in [-0.25, -0.2) is 0 Å². The van der Waals surface area contributed by atoms with Crippen LogP contribution in [0.2, 0.25) is 0 Å². The molecule has 0 heterocycles. The second kappa shape index (κ2) is 6.21. The number of hydrogen-bond donors (Lipinski definition) is 0. The molecule has 0 amide bonds. The van der Waals surface area contributed by atoms with Crippen LogP contribution in [0.25, 0.3) is 12.2 Å². The molecule has 1 nitrogen and oxygen atoms in total. The van der Waals surface area contributed by atoms with Crippen molar-refractivity contribution in [2.75, 3.05) is 7.11 Å². The van der Waals surface area contributed by atoms with Gasteiger partial charge in [-0.15, -0.1) is 0 Å².